The average Bonchev–Trinajstić information content (AvgIpc) is 3.03. The number of Topliss-reactive ketones (excluding diaryl/α,β-unsaturated/α-hetero) is 4. The van der Waals surface area contributed by atoms with Crippen molar-refractivity contribution in [1.29, 1.82) is 0 Å². The van der Waals surface area contributed by atoms with Gasteiger partial charge in [-0.05, 0) is 71.1 Å². The van der Waals surface area contributed by atoms with Crippen molar-refractivity contribution >= 4 is 33.0 Å². The highest BCUT2D eigenvalue weighted by Gasteiger charge is 2.28. The van der Waals surface area contributed by atoms with E-state index in [4.69, 9.17) is 0 Å². The normalized spacial score (nSPS) is 13.4. The third kappa shape index (κ3) is 9.75. The smallest absolute Gasteiger partial charge is 0.179 e. The first-order valence-electron chi connectivity index (χ1n) is 16.0. The van der Waals surface area contributed by atoms with Crippen LogP contribution in [0, 0.1) is 25.7 Å². The molecule has 47 heavy (non-hydrogen) atoms. The van der Waals surface area contributed by atoms with Crippen molar-refractivity contribution in [3.05, 3.63) is 136 Å². The monoisotopic (exact) mass is 650 g/mol. The van der Waals surface area contributed by atoms with Crippen LogP contribution in [0.3, 0.4) is 0 Å². The summed E-state index contributed by atoms with van der Waals surface area (Å²) in [7, 11) is -3.64. The predicted molar refractivity (Wildman–Crippen MR) is 185 cm³/mol. The molecule has 1 unspecified atom stereocenters. The van der Waals surface area contributed by atoms with Gasteiger partial charge in [-0.1, -0.05) is 102 Å². The second-order valence-electron chi connectivity index (χ2n) is 12.4. The quantitative estimate of drug-likeness (QED) is 0.143. The van der Waals surface area contributed by atoms with E-state index in [1.807, 2.05) is 38.1 Å². The summed E-state index contributed by atoms with van der Waals surface area (Å²) in [6.45, 7) is 6.90. The summed E-state index contributed by atoms with van der Waals surface area (Å²) < 4.78 is 26.2. The number of ketones is 4. The fourth-order valence-electron chi connectivity index (χ4n) is 5.37. The van der Waals surface area contributed by atoms with Crippen LogP contribution in [-0.4, -0.2) is 37.3 Å². The van der Waals surface area contributed by atoms with Gasteiger partial charge in [-0.15, -0.1) is 0 Å². The lowest BCUT2D eigenvalue weighted by Gasteiger charge is -2.23. The molecule has 4 aromatic rings. The molecular weight excluding hydrogens is 609 g/mol. The minimum absolute atomic E-state index is 0.0395. The van der Waals surface area contributed by atoms with Gasteiger partial charge in [-0.25, -0.2) is 8.42 Å². The van der Waals surface area contributed by atoms with Crippen molar-refractivity contribution in [2.45, 2.75) is 64.7 Å². The predicted octanol–water partition coefficient (Wildman–Crippen LogP) is 8.28. The maximum atomic E-state index is 13.3. The summed E-state index contributed by atoms with van der Waals surface area (Å²) >= 11 is 0. The van der Waals surface area contributed by atoms with Crippen LogP contribution < -0.4 is 0 Å². The second kappa shape index (κ2) is 15.9. The third-order valence-corrected chi connectivity index (χ3v) is 10.5. The van der Waals surface area contributed by atoms with Crippen LogP contribution in [-0.2, 0) is 16.3 Å². The van der Waals surface area contributed by atoms with Crippen molar-refractivity contribution < 1.29 is 27.6 Å². The summed E-state index contributed by atoms with van der Waals surface area (Å²) in [6.07, 6.45) is 4.23. The molecular formula is C40H42O6S. The van der Waals surface area contributed by atoms with E-state index in [9.17, 15) is 27.6 Å². The molecule has 0 amide bonds. The molecule has 0 bridgehead atoms. The number of aryl methyl sites for hydroxylation is 3. The summed E-state index contributed by atoms with van der Waals surface area (Å²) in [5, 5.41) is 0. The third-order valence-electron chi connectivity index (χ3n) is 8.70. The largest absolute Gasteiger partial charge is 0.295 e. The average molecular weight is 651 g/mol. The van der Waals surface area contributed by atoms with Gasteiger partial charge in [0.25, 0.3) is 0 Å². The fraction of sp³-hybridized carbons (Fsp3) is 0.300. The molecule has 0 radical (unpaired) electrons. The number of benzene rings is 4. The zero-order chi connectivity index (χ0) is 34.1. The van der Waals surface area contributed by atoms with E-state index in [2.05, 4.69) is 0 Å². The van der Waals surface area contributed by atoms with Crippen LogP contribution in [0.5, 0.6) is 0 Å². The lowest BCUT2D eigenvalue weighted by molar-refractivity contribution is 0.0853. The Labute approximate surface area is 278 Å². The minimum Gasteiger partial charge on any atom is -0.295 e. The molecule has 244 valence electrons. The molecule has 6 nitrogen and oxygen atoms in total. The maximum absolute atomic E-state index is 13.3. The Morgan fingerprint density at radius 2 is 1.09 bits per heavy atom. The second-order valence-corrected chi connectivity index (χ2v) is 14.5. The Morgan fingerprint density at radius 1 is 0.638 bits per heavy atom. The SMILES string of the molecule is CC(=O)c1ccc(C(=O)C(CCc2ccc(C)cc2)CS(=O)(=O)c2ccc(C)cc2)cc1.CC(=O)c1ccc(C(=O)C2CCC2)cc1. The molecule has 0 aliphatic heterocycles. The van der Waals surface area contributed by atoms with E-state index >= 15 is 0 Å². The molecule has 1 saturated carbocycles. The van der Waals surface area contributed by atoms with E-state index in [1.54, 1.807) is 72.8 Å². The van der Waals surface area contributed by atoms with Gasteiger partial charge in [-0.2, -0.15) is 0 Å². The van der Waals surface area contributed by atoms with Gasteiger partial charge in [0.15, 0.2) is 33.0 Å². The van der Waals surface area contributed by atoms with Crippen molar-refractivity contribution in [3.63, 3.8) is 0 Å². The fourth-order valence-corrected chi connectivity index (χ4v) is 6.96. The van der Waals surface area contributed by atoms with Gasteiger partial charge in [0.1, 0.15) is 0 Å². The zero-order valence-electron chi connectivity index (χ0n) is 27.5. The van der Waals surface area contributed by atoms with Gasteiger partial charge in [-0.3, -0.25) is 19.2 Å². The van der Waals surface area contributed by atoms with E-state index in [-0.39, 0.29) is 39.7 Å². The minimum atomic E-state index is -3.64. The van der Waals surface area contributed by atoms with Crippen molar-refractivity contribution in [2.75, 3.05) is 5.75 Å². The Bertz CT molecular complexity index is 1820. The molecule has 1 atom stereocenters. The van der Waals surface area contributed by atoms with Gasteiger partial charge < -0.3 is 0 Å². The Kier molecular flexibility index (Phi) is 11.9. The zero-order valence-corrected chi connectivity index (χ0v) is 28.3. The molecule has 0 N–H and O–H groups in total. The summed E-state index contributed by atoms with van der Waals surface area (Å²) in [4.78, 5) is 48.0. The van der Waals surface area contributed by atoms with Crippen LogP contribution in [0.1, 0.15) is 97.7 Å². The molecule has 0 aromatic heterocycles. The molecule has 0 saturated heterocycles. The summed E-state index contributed by atoms with van der Waals surface area (Å²) in [5.41, 5.74) is 5.53. The Hall–Kier alpha value is -4.49. The summed E-state index contributed by atoms with van der Waals surface area (Å²) in [5.74, 6) is -0.743. The summed E-state index contributed by atoms with van der Waals surface area (Å²) in [6, 6.07) is 28.2. The van der Waals surface area contributed by atoms with E-state index in [0.717, 1.165) is 35.1 Å². The van der Waals surface area contributed by atoms with Crippen LogP contribution in [0.2, 0.25) is 0 Å². The van der Waals surface area contributed by atoms with Crippen molar-refractivity contribution in [2.24, 2.45) is 11.8 Å². The number of hydrogen-bond acceptors (Lipinski definition) is 6. The first kappa shape index (κ1) is 35.4. The highest BCUT2D eigenvalue weighted by molar-refractivity contribution is 7.91. The lowest BCUT2D eigenvalue weighted by atomic mass is 9.80. The Morgan fingerprint density at radius 3 is 1.53 bits per heavy atom. The maximum Gasteiger partial charge on any atom is 0.179 e. The number of carbonyl (C=O) groups excluding carboxylic acids is 4. The number of carbonyl (C=O) groups is 4. The van der Waals surface area contributed by atoms with Crippen LogP contribution in [0.4, 0.5) is 0 Å². The van der Waals surface area contributed by atoms with Crippen LogP contribution >= 0.6 is 0 Å². The molecule has 5 rings (SSSR count). The van der Waals surface area contributed by atoms with Crippen molar-refractivity contribution in [1.82, 2.24) is 0 Å². The van der Waals surface area contributed by atoms with Crippen LogP contribution in [0.25, 0.3) is 0 Å². The highest BCUT2D eigenvalue weighted by atomic mass is 32.2. The van der Waals surface area contributed by atoms with Gasteiger partial charge in [0.2, 0.25) is 0 Å². The molecule has 0 heterocycles. The molecule has 1 fully saturated rings. The molecule has 1 aliphatic rings. The topological polar surface area (TPSA) is 102 Å². The first-order chi connectivity index (χ1) is 22.3. The molecule has 0 spiro atoms. The van der Waals surface area contributed by atoms with Crippen molar-refractivity contribution in [3.8, 4) is 0 Å². The van der Waals surface area contributed by atoms with E-state index in [1.165, 1.54) is 20.3 Å². The lowest BCUT2D eigenvalue weighted by Crippen LogP contribution is -2.25. The van der Waals surface area contributed by atoms with Gasteiger partial charge >= 0.3 is 0 Å². The number of hydrogen-bond donors (Lipinski definition) is 0. The van der Waals surface area contributed by atoms with Gasteiger partial charge in [0, 0.05) is 34.1 Å². The van der Waals surface area contributed by atoms with Gasteiger partial charge in [0.05, 0.1) is 10.6 Å². The van der Waals surface area contributed by atoms with Crippen LogP contribution in [0.15, 0.2) is 102 Å². The number of sulfone groups is 1. The first-order valence-corrected chi connectivity index (χ1v) is 17.6. The molecule has 1 aliphatic carbocycles. The Balaban J connectivity index is 0.000000277. The molecule has 4 aromatic carbocycles. The highest BCUT2D eigenvalue weighted by Crippen LogP contribution is 2.30. The number of rotatable bonds is 12. The molecule has 7 heteroatoms. The van der Waals surface area contributed by atoms with E-state index in [0.29, 0.717) is 29.5 Å². The van der Waals surface area contributed by atoms with E-state index < -0.39 is 15.8 Å². The standard InChI is InChI=1S/C27H28O4S.C13H14O2/c1-19-4-8-22(9-5-19)10-11-25(18-32(30,31)26-16-6-20(2)7-17-26)27(29)24-14-12-23(13-15-24)21(3)28;1-9(14)10-5-7-12(8-6-10)13(15)11-3-2-4-11/h4-9,12-17,25H,10-11,18H2,1-3H3;5-8,11H,2-4H2,1H3.